The Morgan fingerprint density at radius 1 is 1.22 bits per heavy atom. The fraction of sp³-hybridized carbons (Fsp3) is 0.294. The highest BCUT2D eigenvalue weighted by molar-refractivity contribution is 7.13. The lowest BCUT2D eigenvalue weighted by Gasteiger charge is -2.08. The minimum Gasteiger partial charge on any atom is -0.493 e. The highest BCUT2D eigenvalue weighted by Crippen LogP contribution is 2.33. The molecule has 0 saturated carbocycles. The SMILES string of the molecule is COc1ccc(-c2nc(COC(=O)C=C(C)C)cs2)cc1OC. The maximum atomic E-state index is 11.5. The minimum absolute atomic E-state index is 0.159. The van der Waals surface area contributed by atoms with Crippen molar-refractivity contribution in [1.29, 1.82) is 0 Å². The van der Waals surface area contributed by atoms with Gasteiger partial charge in [-0.1, -0.05) is 5.57 Å². The summed E-state index contributed by atoms with van der Waals surface area (Å²) < 4.78 is 15.7. The first-order chi connectivity index (χ1) is 11.0. The normalized spacial score (nSPS) is 10.1. The van der Waals surface area contributed by atoms with Crippen LogP contribution in [0.5, 0.6) is 11.5 Å². The van der Waals surface area contributed by atoms with Gasteiger partial charge in [0.25, 0.3) is 0 Å². The summed E-state index contributed by atoms with van der Waals surface area (Å²) in [7, 11) is 3.19. The molecule has 0 bridgehead atoms. The third-order valence-corrected chi connectivity index (χ3v) is 3.89. The monoisotopic (exact) mass is 333 g/mol. The number of benzene rings is 1. The molecule has 2 aromatic rings. The van der Waals surface area contributed by atoms with Crippen molar-refractivity contribution in [3.05, 3.63) is 40.9 Å². The van der Waals surface area contributed by atoms with Crippen LogP contribution in [-0.2, 0) is 16.1 Å². The molecular weight excluding hydrogens is 314 g/mol. The van der Waals surface area contributed by atoms with Gasteiger partial charge in [0.05, 0.1) is 19.9 Å². The molecule has 0 atom stereocenters. The van der Waals surface area contributed by atoms with Gasteiger partial charge in [0, 0.05) is 17.0 Å². The number of esters is 1. The molecular formula is C17H19NO4S. The summed E-state index contributed by atoms with van der Waals surface area (Å²) in [5.41, 5.74) is 2.55. The summed E-state index contributed by atoms with van der Waals surface area (Å²) in [6.45, 7) is 3.85. The Balaban J connectivity index is 2.10. The van der Waals surface area contributed by atoms with E-state index in [2.05, 4.69) is 4.98 Å². The van der Waals surface area contributed by atoms with E-state index in [0.29, 0.717) is 11.5 Å². The van der Waals surface area contributed by atoms with Crippen LogP contribution in [0.25, 0.3) is 10.6 Å². The molecule has 5 nitrogen and oxygen atoms in total. The molecule has 0 amide bonds. The Kier molecular flexibility index (Phi) is 5.76. The van der Waals surface area contributed by atoms with Crippen LogP contribution >= 0.6 is 11.3 Å². The lowest BCUT2D eigenvalue weighted by Crippen LogP contribution is -2.01. The summed E-state index contributed by atoms with van der Waals surface area (Å²) in [5.74, 6) is 0.964. The van der Waals surface area contributed by atoms with Gasteiger partial charge in [-0.15, -0.1) is 11.3 Å². The Labute approximate surface area is 139 Å². The molecule has 0 spiro atoms. The van der Waals surface area contributed by atoms with E-state index in [-0.39, 0.29) is 12.6 Å². The molecule has 6 heteroatoms. The van der Waals surface area contributed by atoms with Gasteiger partial charge in [-0.05, 0) is 32.0 Å². The van der Waals surface area contributed by atoms with Crippen molar-refractivity contribution in [3.63, 3.8) is 0 Å². The molecule has 2 rings (SSSR count). The minimum atomic E-state index is -0.356. The maximum absolute atomic E-state index is 11.5. The summed E-state index contributed by atoms with van der Waals surface area (Å²) in [5, 5.41) is 2.71. The number of rotatable bonds is 6. The van der Waals surface area contributed by atoms with Gasteiger partial charge < -0.3 is 14.2 Å². The van der Waals surface area contributed by atoms with Crippen molar-refractivity contribution in [2.24, 2.45) is 0 Å². The summed E-state index contributed by atoms with van der Waals surface area (Å²) in [4.78, 5) is 16.0. The van der Waals surface area contributed by atoms with Crippen molar-refractivity contribution >= 4 is 17.3 Å². The van der Waals surface area contributed by atoms with Crippen LogP contribution in [0.3, 0.4) is 0 Å². The topological polar surface area (TPSA) is 57.7 Å². The molecule has 0 N–H and O–H groups in total. The van der Waals surface area contributed by atoms with Crippen LogP contribution in [0.4, 0.5) is 0 Å². The molecule has 0 unspecified atom stereocenters. The van der Waals surface area contributed by atoms with E-state index in [9.17, 15) is 4.79 Å². The van der Waals surface area contributed by atoms with Crippen molar-refractivity contribution in [2.75, 3.05) is 14.2 Å². The molecule has 1 heterocycles. The maximum Gasteiger partial charge on any atom is 0.331 e. The van der Waals surface area contributed by atoms with Crippen LogP contribution in [0.2, 0.25) is 0 Å². The van der Waals surface area contributed by atoms with Gasteiger partial charge in [0.15, 0.2) is 11.5 Å². The average molecular weight is 333 g/mol. The quantitative estimate of drug-likeness (QED) is 0.594. The van der Waals surface area contributed by atoms with Crippen molar-refractivity contribution in [2.45, 2.75) is 20.5 Å². The van der Waals surface area contributed by atoms with E-state index in [1.807, 2.05) is 37.4 Å². The number of hydrogen-bond donors (Lipinski definition) is 0. The molecule has 122 valence electrons. The number of hydrogen-bond acceptors (Lipinski definition) is 6. The predicted octanol–water partition coefficient (Wildman–Crippen LogP) is 3.84. The molecule has 0 radical (unpaired) electrons. The van der Waals surface area contributed by atoms with Gasteiger partial charge in [-0.2, -0.15) is 0 Å². The van der Waals surface area contributed by atoms with Gasteiger partial charge in [0.2, 0.25) is 0 Å². The summed E-state index contributed by atoms with van der Waals surface area (Å²) in [6, 6.07) is 5.62. The predicted molar refractivity (Wildman–Crippen MR) is 89.9 cm³/mol. The second-order valence-corrected chi connectivity index (χ2v) is 5.90. The van der Waals surface area contributed by atoms with E-state index in [1.165, 1.54) is 17.4 Å². The van der Waals surface area contributed by atoms with Gasteiger partial charge in [0.1, 0.15) is 11.6 Å². The lowest BCUT2D eigenvalue weighted by atomic mass is 10.2. The van der Waals surface area contributed by atoms with Crippen LogP contribution < -0.4 is 9.47 Å². The van der Waals surface area contributed by atoms with E-state index < -0.39 is 0 Å². The molecule has 0 saturated heterocycles. The standard InChI is InChI=1S/C17H19NO4S/c1-11(2)7-16(19)22-9-13-10-23-17(18-13)12-5-6-14(20-3)15(8-12)21-4/h5-8,10H,9H2,1-4H3. The zero-order valence-electron chi connectivity index (χ0n) is 13.6. The van der Waals surface area contributed by atoms with Gasteiger partial charge in [-0.25, -0.2) is 9.78 Å². The van der Waals surface area contributed by atoms with Crippen LogP contribution in [0, 0.1) is 0 Å². The number of carbonyl (C=O) groups excluding carboxylic acids is 1. The highest BCUT2D eigenvalue weighted by Gasteiger charge is 2.10. The molecule has 1 aromatic carbocycles. The first kappa shape index (κ1) is 17.0. The van der Waals surface area contributed by atoms with E-state index >= 15 is 0 Å². The third-order valence-electron chi connectivity index (χ3n) is 2.95. The number of carbonyl (C=O) groups is 1. The fourth-order valence-electron chi connectivity index (χ4n) is 1.90. The summed E-state index contributed by atoms with van der Waals surface area (Å²) in [6.07, 6.45) is 1.46. The second-order valence-electron chi connectivity index (χ2n) is 5.04. The number of methoxy groups -OCH3 is 2. The molecule has 0 aliphatic heterocycles. The second kappa shape index (κ2) is 7.78. The summed E-state index contributed by atoms with van der Waals surface area (Å²) >= 11 is 1.49. The smallest absolute Gasteiger partial charge is 0.331 e. The van der Waals surface area contributed by atoms with E-state index in [0.717, 1.165) is 21.8 Å². The first-order valence-corrected chi connectivity index (χ1v) is 7.90. The largest absolute Gasteiger partial charge is 0.493 e. The Morgan fingerprint density at radius 3 is 2.61 bits per heavy atom. The number of ether oxygens (including phenoxy) is 3. The van der Waals surface area contributed by atoms with Crippen molar-refractivity contribution < 1.29 is 19.0 Å². The Hall–Kier alpha value is -2.34. The molecule has 0 aliphatic carbocycles. The lowest BCUT2D eigenvalue weighted by molar-refractivity contribution is -0.139. The van der Waals surface area contributed by atoms with Gasteiger partial charge >= 0.3 is 5.97 Å². The molecule has 0 aliphatic rings. The van der Waals surface area contributed by atoms with Gasteiger partial charge in [-0.3, -0.25) is 0 Å². The first-order valence-electron chi connectivity index (χ1n) is 7.02. The van der Waals surface area contributed by atoms with Crippen LogP contribution in [-0.4, -0.2) is 25.2 Å². The zero-order chi connectivity index (χ0) is 16.8. The molecule has 0 fully saturated rings. The fourth-order valence-corrected chi connectivity index (χ4v) is 2.70. The molecule has 1 aromatic heterocycles. The van der Waals surface area contributed by atoms with Crippen LogP contribution in [0.1, 0.15) is 19.5 Å². The number of allylic oxidation sites excluding steroid dienone is 1. The zero-order valence-corrected chi connectivity index (χ0v) is 14.4. The van der Waals surface area contributed by atoms with E-state index in [4.69, 9.17) is 14.2 Å². The van der Waals surface area contributed by atoms with Crippen LogP contribution in [0.15, 0.2) is 35.2 Å². The molecule has 23 heavy (non-hydrogen) atoms. The van der Waals surface area contributed by atoms with E-state index in [1.54, 1.807) is 14.2 Å². The number of thiazole rings is 1. The van der Waals surface area contributed by atoms with Crippen molar-refractivity contribution in [1.82, 2.24) is 4.98 Å². The van der Waals surface area contributed by atoms with Crippen molar-refractivity contribution in [3.8, 4) is 22.1 Å². The average Bonchev–Trinajstić information content (AvgIpc) is 3.00. The number of aromatic nitrogens is 1. The Morgan fingerprint density at radius 2 is 1.96 bits per heavy atom. The Bertz CT molecular complexity index is 717. The highest BCUT2D eigenvalue weighted by atomic mass is 32.1. The third kappa shape index (κ3) is 4.56. The number of nitrogens with zero attached hydrogens (tertiary/aromatic N) is 1.